The summed E-state index contributed by atoms with van der Waals surface area (Å²) in [7, 11) is 3.31. The van der Waals surface area contributed by atoms with E-state index < -0.39 is 12.1 Å². The van der Waals surface area contributed by atoms with Gasteiger partial charge in [0.2, 0.25) is 0 Å². The lowest BCUT2D eigenvalue weighted by atomic mass is 9.96. The second kappa shape index (κ2) is 16.2. The third kappa shape index (κ3) is 9.94. The Hall–Kier alpha value is -1.80. The number of esters is 2. The first-order chi connectivity index (χ1) is 13.2. The van der Waals surface area contributed by atoms with Crippen molar-refractivity contribution in [2.45, 2.75) is 66.5 Å². The third-order valence-corrected chi connectivity index (χ3v) is 4.42. The summed E-state index contributed by atoms with van der Waals surface area (Å²) in [5.41, 5.74) is 0. The van der Waals surface area contributed by atoms with E-state index in [9.17, 15) is 19.2 Å². The Labute approximate surface area is 169 Å². The van der Waals surface area contributed by atoms with Crippen LogP contribution in [0.3, 0.4) is 0 Å². The van der Waals surface area contributed by atoms with Crippen LogP contribution in [-0.2, 0) is 28.7 Å². The SMILES string of the molecule is CCOC(=O)[C@H](NC)[C@@H](C)C(=O)CC.CCOC(=O)[C@H](NC)[C@H](C)C(=O)CC. The standard InChI is InChI=1S/2C10H19NO3/c2*1-5-8(12)7(3)9(11-4)10(13)14-6-2/h2*7,9,11H,5-6H2,1-4H3/t7-,9+;7-,9-/m01/s1. The maximum absolute atomic E-state index is 11.4. The molecule has 0 aliphatic carbocycles. The summed E-state index contributed by atoms with van der Waals surface area (Å²) < 4.78 is 9.71. The van der Waals surface area contributed by atoms with Crippen molar-refractivity contribution in [3.8, 4) is 0 Å². The van der Waals surface area contributed by atoms with E-state index >= 15 is 0 Å². The number of carbonyl (C=O) groups is 4. The summed E-state index contributed by atoms with van der Waals surface area (Å²) in [6.07, 6.45) is 0.886. The highest BCUT2D eigenvalue weighted by molar-refractivity contribution is 5.88. The van der Waals surface area contributed by atoms with Gasteiger partial charge >= 0.3 is 11.9 Å². The molecule has 8 heteroatoms. The normalized spacial score (nSPS) is 14.6. The number of hydrogen-bond acceptors (Lipinski definition) is 8. The van der Waals surface area contributed by atoms with E-state index in [1.165, 1.54) is 0 Å². The fraction of sp³-hybridized carbons (Fsp3) is 0.800. The summed E-state index contributed by atoms with van der Waals surface area (Å²) >= 11 is 0. The molecule has 2 N–H and O–H groups in total. The van der Waals surface area contributed by atoms with E-state index in [0.29, 0.717) is 26.1 Å². The highest BCUT2D eigenvalue weighted by atomic mass is 16.5. The van der Waals surface area contributed by atoms with Gasteiger partial charge < -0.3 is 20.1 Å². The van der Waals surface area contributed by atoms with Crippen LogP contribution < -0.4 is 10.6 Å². The van der Waals surface area contributed by atoms with Crippen molar-refractivity contribution in [2.24, 2.45) is 11.8 Å². The summed E-state index contributed by atoms with van der Waals surface area (Å²) in [6, 6.07) is -1.05. The van der Waals surface area contributed by atoms with Crippen molar-refractivity contribution in [1.29, 1.82) is 0 Å². The van der Waals surface area contributed by atoms with Gasteiger partial charge in [0.1, 0.15) is 23.7 Å². The lowest BCUT2D eigenvalue weighted by Gasteiger charge is -2.20. The Morgan fingerprint density at radius 1 is 0.679 bits per heavy atom. The minimum absolute atomic E-state index is 0.0670. The van der Waals surface area contributed by atoms with E-state index in [0.717, 1.165) is 0 Å². The Balaban J connectivity index is 0. The van der Waals surface area contributed by atoms with Crippen molar-refractivity contribution >= 4 is 23.5 Å². The van der Waals surface area contributed by atoms with Crippen molar-refractivity contribution in [1.82, 2.24) is 10.6 Å². The molecule has 164 valence electrons. The summed E-state index contributed by atoms with van der Waals surface area (Å²) in [5.74, 6) is -1.24. The van der Waals surface area contributed by atoms with E-state index in [-0.39, 0.29) is 35.3 Å². The van der Waals surface area contributed by atoms with E-state index in [4.69, 9.17) is 9.47 Å². The fourth-order valence-corrected chi connectivity index (χ4v) is 2.62. The molecule has 8 nitrogen and oxygen atoms in total. The van der Waals surface area contributed by atoms with Crippen LogP contribution in [0.5, 0.6) is 0 Å². The molecule has 0 heterocycles. The van der Waals surface area contributed by atoms with Crippen molar-refractivity contribution < 1.29 is 28.7 Å². The van der Waals surface area contributed by atoms with Crippen molar-refractivity contribution in [3.63, 3.8) is 0 Å². The first-order valence-electron chi connectivity index (χ1n) is 9.89. The average Bonchev–Trinajstić information content (AvgIpc) is 2.68. The number of nitrogens with one attached hydrogen (secondary N) is 2. The van der Waals surface area contributed by atoms with Crippen LogP contribution in [0.2, 0.25) is 0 Å². The second-order valence-electron chi connectivity index (χ2n) is 6.25. The zero-order chi connectivity index (χ0) is 22.3. The Bertz CT molecular complexity index is 451. The molecular formula is C20H38N2O6. The first kappa shape index (κ1) is 28.4. The fourth-order valence-electron chi connectivity index (χ4n) is 2.62. The highest BCUT2D eigenvalue weighted by Gasteiger charge is 2.29. The zero-order valence-corrected chi connectivity index (χ0v) is 18.6. The largest absolute Gasteiger partial charge is 0.465 e. The van der Waals surface area contributed by atoms with Crippen LogP contribution in [0.25, 0.3) is 0 Å². The van der Waals surface area contributed by atoms with Crippen molar-refractivity contribution in [2.75, 3.05) is 27.3 Å². The van der Waals surface area contributed by atoms with Gasteiger partial charge in [0.25, 0.3) is 0 Å². The number of Topliss-reactive ketones (excluding diaryl/α,β-unsaturated/α-hetero) is 2. The quantitative estimate of drug-likeness (QED) is 0.473. The van der Waals surface area contributed by atoms with Gasteiger partial charge in [0.15, 0.2) is 0 Å². The molecule has 0 spiro atoms. The number of carbonyl (C=O) groups excluding carboxylic acids is 4. The Morgan fingerprint density at radius 3 is 1.14 bits per heavy atom. The molecule has 0 bridgehead atoms. The predicted octanol–water partition coefficient (Wildman–Crippen LogP) is 1.51. The molecule has 0 aromatic heterocycles. The molecule has 0 fully saturated rings. The number of ketones is 2. The minimum Gasteiger partial charge on any atom is -0.465 e. The number of ether oxygens (including phenoxy) is 2. The molecule has 0 amide bonds. The number of likely N-dealkylation sites (N-methyl/N-ethyl adjacent to an activating group) is 2. The molecule has 0 saturated carbocycles. The van der Waals surface area contributed by atoms with Crippen LogP contribution >= 0.6 is 0 Å². The highest BCUT2D eigenvalue weighted by Crippen LogP contribution is 2.09. The van der Waals surface area contributed by atoms with E-state index in [1.54, 1.807) is 55.6 Å². The zero-order valence-electron chi connectivity index (χ0n) is 18.6. The molecule has 0 unspecified atom stereocenters. The van der Waals surface area contributed by atoms with Gasteiger partial charge in [-0.15, -0.1) is 0 Å². The third-order valence-electron chi connectivity index (χ3n) is 4.42. The Morgan fingerprint density at radius 2 is 0.964 bits per heavy atom. The van der Waals surface area contributed by atoms with Gasteiger partial charge in [-0.2, -0.15) is 0 Å². The van der Waals surface area contributed by atoms with Gasteiger partial charge in [-0.05, 0) is 27.9 Å². The molecule has 0 aromatic carbocycles. The van der Waals surface area contributed by atoms with E-state index in [1.807, 2.05) is 0 Å². The lowest BCUT2D eigenvalue weighted by molar-refractivity contribution is -0.149. The maximum atomic E-state index is 11.4. The van der Waals surface area contributed by atoms with Crippen LogP contribution in [0.1, 0.15) is 54.4 Å². The minimum atomic E-state index is -0.526. The molecule has 4 atom stereocenters. The first-order valence-corrected chi connectivity index (χ1v) is 9.89. The van der Waals surface area contributed by atoms with Gasteiger partial charge in [-0.25, -0.2) is 0 Å². The summed E-state index contributed by atoms with van der Waals surface area (Å²) in [6.45, 7) is 11.2. The van der Waals surface area contributed by atoms with Gasteiger partial charge in [0.05, 0.1) is 13.2 Å². The molecule has 0 aromatic rings. The van der Waals surface area contributed by atoms with E-state index in [2.05, 4.69) is 10.6 Å². The molecule has 0 saturated heterocycles. The second-order valence-corrected chi connectivity index (χ2v) is 6.25. The van der Waals surface area contributed by atoms with Crippen LogP contribution in [0.4, 0.5) is 0 Å². The Kier molecular flexibility index (Phi) is 16.4. The molecule has 28 heavy (non-hydrogen) atoms. The van der Waals surface area contributed by atoms with Gasteiger partial charge in [-0.1, -0.05) is 27.7 Å². The van der Waals surface area contributed by atoms with Crippen LogP contribution in [-0.4, -0.2) is 62.9 Å². The predicted molar refractivity (Wildman–Crippen MR) is 108 cm³/mol. The van der Waals surface area contributed by atoms with Gasteiger partial charge in [0, 0.05) is 24.7 Å². The lowest BCUT2D eigenvalue weighted by Crippen LogP contribution is -2.43. The average molecular weight is 403 g/mol. The van der Waals surface area contributed by atoms with Crippen LogP contribution in [0, 0.1) is 11.8 Å². The molecule has 0 aliphatic heterocycles. The van der Waals surface area contributed by atoms with Crippen molar-refractivity contribution in [3.05, 3.63) is 0 Å². The topological polar surface area (TPSA) is 111 Å². The molecule has 0 aliphatic rings. The number of hydrogen-bond donors (Lipinski definition) is 2. The smallest absolute Gasteiger partial charge is 0.323 e. The molecule has 0 radical (unpaired) electrons. The number of rotatable bonds is 12. The molecular weight excluding hydrogens is 364 g/mol. The maximum Gasteiger partial charge on any atom is 0.323 e. The summed E-state index contributed by atoms with van der Waals surface area (Å²) in [4.78, 5) is 45.5. The monoisotopic (exact) mass is 402 g/mol. The summed E-state index contributed by atoms with van der Waals surface area (Å²) in [5, 5.41) is 5.61. The van der Waals surface area contributed by atoms with Crippen LogP contribution in [0.15, 0.2) is 0 Å². The van der Waals surface area contributed by atoms with Gasteiger partial charge in [-0.3, -0.25) is 19.2 Å². The molecule has 0 rings (SSSR count).